The second kappa shape index (κ2) is 4.92. The van der Waals surface area contributed by atoms with Crippen molar-refractivity contribution >= 4 is 17.2 Å². The molecule has 2 aromatic rings. The van der Waals surface area contributed by atoms with Crippen LogP contribution in [0.1, 0.15) is 0 Å². The molecule has 4 N–H and O–H groups in total. The van der Waals surface area contributed by atoms with Crippen molar-refractivity contribution in [2.75, 3.05) is 10.7 Å². The van der Waals surface area contributed by atoms with Crippen LogP contribution in [0, 0.1) is 17.5 Å². The van der Waals surface area contributed by atoms with E-state index in [4.69, 9.17) is 5.84 Å². The Kier molecular flexibility index (Phi) is 3.33. The molecule has 1 aromatic carbocycles. The third-order valence-corrected chi connectivity index (χ3v) is 2.18. The van der Waals surface area contributed by atoms with Gasteiger partial charge in [-0.05, 0) is 6.07 Å². The van der Waals surface area contributed by atoms with Crippen molar-refractivity contribution in [2.24, 2.45) is 5.84 Å². The minimum absolute atomic E-state index is 0.304. The van der Waals surface area contributed by atoms with Gasteiger partial charge < -0.3 is 10.7 Å². The van der Waals surface area contributed by atoms with Crippen molar-refractivity contribution in [2.45, 2.75) is 0 Å². The van der Waals surface area contributed by atoms with Gasteiger partial charge in [-0.3, -0.25) is 0 Å². The molecule has 0 saturated carbocycles. The number of rotatable bonds is 3. The second-order valence-electron chi connectivity index (χ2n) is 3.45. The molecule has 0 atom stereocenters. The third kappa shape index (κ3) is 2.51. The molecule has 7 heteroatoms. The fourth-order valence-electron chi connectivity index (χ4n) is 1.39. The molecule has 0 unspecified atom stereocenters. The maximum atomic E-state index is 13.4. The van der Waals surface area contributed by atoms with Crippen LogP contribution in [0.15, 0.2) is 30.5 Å². The van der Waals surface area contributed by atoms with Crippen molar-refractivity contribution in [3.63, 3.8) is 0 Å². The summed E-state index contributed by atoms with van der Waals surface area (Å²) in [6.07, 6.45) is 1.41. The van der Waals surface area contributed by atoms with Crippen LogP contribution in [0.5, 0.6) is 0 Å². The topological polar surface area (TPSA) is 63.0 Å². The zero-order chi connectivity index (χ0) is 13.1. The smallest absolute Gasteiger partial charge is 0.182 e. The summed E-state index contributed by atoms with van der Waals surface area (Å²) in [7, 11) is 0. The minimum atomic E-state index is -1.26. The molecule has 0 radical (unpaired) electrons. The average molecular weight is 254 g/mol. The molecule has 0 aliphatic rings. The highest BCUT2D eigenvalue weighted by molar-refractivity contribution is 5.62. The number of hydrazine groups is 1. The number of nitrogens with zero attached hydrogens (tertiary/aromatic N) is 1. The molecule has 0 saturated heterocycles. The van der Waals surface area contributed by atoms with Crippen molar-refractivity contribution in [1.82, 2.24) is 4.98 Å². The summed E-state index contributed by atoms with van der Waals surface area (Å²) >= 11 is 0. The highest BCUT2D eigenvalue weighted by Crippen LogP contribution is 2.23. The molecule has 1 heterocycles. The largest absolute Gasteiger partial charge is 0.353 e. The van der Waals surface area contributed by atoms with Crippen LogP contribution in [0.2, 0.25) is 0 Å². The van der Waals surface area contributed by atoms with E-state index in [1.807, 2.05) is 0 Å². The molecule has 4 nitrogen and oxygen atoms in total. The van der Waals surface area contributed by atoms with Gasteiger partial charge in [0, 0.05) is 30.1 Å². The Labute approximate surface area is 101 Å². The summed E-state index contributed by atoms with van der Waals surface area (Å²) in [6.45, 7) is 0. The molecule has 18 heavy (non-hydrogen) atoms. The first-order valence-electron chi connectivity index (χ1n) is 4.94. The van der Waals surface area contributed by atoms with Crippen molar-refractivity contribution in [3.05, 3.63) is 47.9 Å². The first-order chi connectivity index (χ1) is 8.60. The monoisotopic (exact) mass is 254 g/mol. The summed E-state index contributed by atoms with van der Waals surface area (Å²) in [5.74, 6) is 2.20. The van der Waals surface area contributed by atoms with Gasteiger partial charge in [0.25, 0.3) is 0 Å². The minimum Gasteiger partial charge on any atom is -0.353 e. The highest BCUT2D eigenvalue weighted by atomic mass is 19.2. The van der Waals surface area contributed by atoms with Crippen LogP contribution < -0.4 is 16.6 Å². The Hall–Kier alpha value is -2.28. The normalized spacial score (nSPS) is 10.2. The maximum absolute atomic E-state index is 13.4. The van der Waals surface area contributed by atoms with Gasteiger partial charge in [-0.15, -0.1) is 0 Å². The third-order valence-electron chi connectivity index (χ3n) is 2.18. The van der Waals surface area contributed by atoms with E-state index in [2.05, 4.69) is 15.7 Å². The molecule has 2 rings (SSSR count). The number of benzene rings is 1. The van der Waals surface area contributed by atoms with Gasteiger partial charge in [0.1, 0.15) is 11.6 Å². The predicted octanol–water partition coefficient (Wildman–Crippen LogP) is 2.53. The van der Waals surface area contributed by atoms with Gasteiger partial charge in [0.05, 0.1) is 5.69 Å². The molecule has 0 aliphatic heterocycles. The van der Waals surface area contributed by atoms with Gasteiger partial charge in [-0.2, -0.15) is 0 Å². The molecule has 94 valence electrons. The van der Waals surface area contributed by atoms with E-state index in [0.717, 1.165) is 6.07 Å². The summed E-state index contributed by atoms with van der Waals surface area (Å²) in [5.41, 5.74) is 2.38. The number of hydrogen-bond acceptors (Lipinski definition) is 4. The van der Waals surface area contributed by atoms with E-state index < -0.39 is 17.5 Å². The number of nitrogens with two attached hydrogens (primary N) is 1. The molecular weight excluding hydrogens is 245 g/mol. The fraction of sp³-hybridized carbons (Fsp3) is 0. The molecular formula is C11H9F3N4. The Balaban J connectivity index is 2.33. The van der Waals surface area contributed by atoms with E-state index >= 15 is 0 Å². The Bertz CT molecular complexity index is 574. The Morgan fingerprint density at radius 2 is 1.89 bits per heavy atom. The quantitative estimate of drug-likeness (QED) is 0.447. The number of pyridine rings is 1. The summed E-state index contributed by atoms with van der Waals surface area (Å²) in [6, 6.07) is 4.29. The van der Waals surface area contributed by atoms with E-state index in [1.165, 1.54) is 18.3 Å². The maximum Gasteiger partial charge on any atom is 0.182 e. The highest BCUT2D eigenvalue weighted by Gasteiger charge is 2.11. The number of hydrogen-bond donors (Lipinski definition) is 3. The SMILES string of the molecule is NNc1cc(Nc2cc(F)cc(F)c2F)ccn1. The molecule has 1 aromatic heterocycles. The molecule has 0 aliphatic carbocycles. The summed E-state index contributed by atoms with van der Waals surface area (Å²) in [5, 5.41) is 2.54. The van der Waals surface area contributed by atoms with Crippen LogP contribution in [0.25, 0.3) is 0 Å². The van der Waals surface area contributed by atoms with Crippen LogP contribution in [0.3, 0.4) is 0 Å². The zero-order valence-electron chi connectivity index (χ0n) is 9.05. The van der Waals surface area contributed by atoms with Crippen molar-refractivity contribution in [1.29, 1.82) is 0 Å². The van der Waals surface area contributed by atoms with E-state index in [-0.39, 0.29) is 5.69 Å². The van der Waals surface area contributed by atoms with Gasteiger partial charge in [0.2, 0.25) is 0 Å². The fourth-order valence-corrected chi connectivity index (χ4v) is 1.39. The number of halogens is 3. The molecule has 0 bridgehead atoms. The summed E-state index contributed by atoms with van der Waals surface area (Å²) < 4.78 is 39.3. The standard InChI is InChI=1S/C11H9F3N4/c12-6-3-8(13)11(14)9(4-6)17-7-1-2-16-10(5-7)18-15/h1-5H,15H2,(H2,16,17,18). The number of anilines is 3. The van der Waals surface area contributed by atoms with Crippen molar-refractivity contribution in [3.8, 4) is 0 Å². The predicted molar refractivity (Wildman–Crippen MR) is 61.6 cm³/mol. The van der Waals surface area contributed by atoms with Gasteiger partial charge in [-0.25, -0.2) is 24.0 Å². The lowest BCUT2D eigenvalue weighted by Crippen LogP contribution is -2.08. The lowest BCUT2D eigenvalue weighted by Gasteiger charge is -2.09. The van der Waals surface area contributed by atoms with Crippen molar-refractivity contribution < 1.29 is 13.2 Å². The summed E-state index contributed by atoms with van der Waals surface area (Å²) in [4.78, 5) is 3.84. The number of aromatic nitrogens is 1. The van der Waals surface area contributed by atoms with Gasteiger partial charge >= 0.3 is 0 Å². The molecule has 0 amide bonds. The molecule has 0 fully saturated rings. The average Bonchev–Trinajstić information content (AvgIpc) is 2.35. The second-order valence-corrected chi connectivity index (χ2v) is 3.45. The van der Waals surface area contributed by atoms with E-state index in [0.29, 0.717) is 17.6 Å². The number of nitrogens with one attached hydrogen (secondary N) is 2. The van der Waals surface area contributed by atoms with Crippen LogP contribution in [0.4, 0.5) is 30.4 Å². The number of nitrogen functional groups attached to an aromatic ring is 1. The Morgan fingerprint density at radius 1 is 1.11 bits per heavy atom. The first-order valence-corrected chi connectivity index (χ1v) is 4.94. The van der Waals surface area contributed by atoms with Crippen LogP contribution >= 0.6 is 0 Å². The van der Waals surface area contributed by atoms with Gasteiger partial charge in [0.15, 0.2) is 11.6 Å². The van der Waals surface area contributed by atoms with Gasteiger partial charge in [-0.1, -0.05) is 0 Å². The van der Waals surface area contributed by atoms with E-state index in [9.17, 15) is 13.2 Å². The van der Waals surface area contributed by atoms with E-state index in [1.54, 1.807) is 0 Å². The zero-order valence-corrected chi connectivity index (χ0v) is 9.05. The Morgan fingerprint density at radius 3 is 2.61 bits per heavy atom. The first kappa shape index (κ1) is 12.2. The molecule has 0 spiro atoms. The lowest BCUT2D eigenvalue weighted by atomic mass is 10.2. The van der Waals surface area contributed by atoms with Crippen LogP contribution in [-0.2, 0) is 0 Å². The van der Waals surface area contributed by atoms with Crippen LogP contribution in [-0.4, -0.2) is 4.98 Å². The lowest BCUT2D eigenvalue weighted by molar-refractivity contribution is 0.498.